The number of nitrogens with zero attached hydrogens (tertiary/aromatic N) is 1. The fourth-order valence-corrected chi connectivity index (χ4v) is 1.68. The van der Waals surface area contributed by atoms with Gasteiger partial charge < -0.3 is 9.73 Å². The predicted octanol–water partition coefficient (Wildman–Crippen LogP) is 2.82. The van der Waals surface area contributed by atoms with Crippen LogP contribution in [0.15, 0.2) is 41.0 Å². The van der Waals surface area contributed by atoms with Crippen LogP contribution in [0.5, 0.6) is 0 Å². The molecule has 0 saturated carbocycles. The van der Waals surface area contributed by atoms with Crippen molar-refractivity contribution >= 4 is 11.6 Å². The summed E-state index contributed by atoms with van der Waals surface area (Å²) in [6.45, 7) is 1.70. The molecule has 1 N–H and O–H groups in total. The summed E-state index contributed by atoms with van der Waals surface area (Å²) in [5.74, 6) is -0.974. The summed E-state index contributed by atoms with van der Waals surface area (Å²) >= 11 is 0. The summed E-state index contributed by atoms with van der Waals surface area (Å²) < 4.78 is 18.3. The zero-order chi connectivity index (χ0) is 14.7. The first-order valence-electron chi connectivity index (χ1n) is 5.77. The molecule has 0 aliphatic heterocycles. The van der Waals surface area contributed by atoms with Crippen LogP contribution in [0.4, 0.5) is 10.1 Å². The van der Waals surface area contributed by atoms with Crippen LogP contribution in [-0.2, 0) is 0 Å². The fourth-order valence-electron chi connectivity index (χ4n) is 1.68. The Morgan fingerprint density at radius 3 is 2.80 bits per heavy atom. The molecule has 0 saturated heterocycles. The largest absolute Gasteiger partial charge is 0.467 e. The Morgan fingerprint density at radius 1 is 1.45 bits per heavy atom. The second kappa shape index (κ2) is 5.52. The number of carbonyl (C=O) groups is 1. The summed E-state index contributed by atoms with van der Waals surface area (Å²) in [6, 6.07) is 5.96. The van der Waals surface area contributed by atoms with Crippen molar-refractivity contribution in [3.63, 3.8) is 0 Å². The summed E-state index contributed by atoms with van der Waals surface area (Å²) in [6.07, 6.45) is 1.47. The molecule has 2 rings (SSSR count). The number of rotatable bonds is 4. The third kappa shape index (κ3) is 2.82. The predicted molar refractivity (Wildman–Crippen MR) is 67.6 cm³/mol. The minimum Gasteiger partial charge on any atom is -0.467 e. The van der Waals surface area contributed by atoms with E-state index in [1.165, 1.54) is 12.3 Å². The van der Waals surface area contributed by atoms with Crippen molar-refractivity contribution in [1.29, 1.82) is 0 Å². The summed E-state index contributed by atoms with van der Waals surface area (Å²) in [5, 5.41) is 13.2. The van der Waals surface area contributed by atoms with E-state index < -0.39 is 28.4 Å². The molecule has 2 aromatic rings. The monoisotopic (exact) mass is 278 g/mol. The Hall–Kier alpha value is -2.70. The van der Waals surface area contributed by atoms with Gasteiger partial charge in [-0.3, -0.25) is 14.9 Å². The van der Waals surface area contributed by atoms with Crippen molar-refractivity contribution in [2.75, 3.05) is 0 Å². The second-order valence-electron chi connectivity index (χ2n) is 4.13. The van der Waals surface area contributed by atoms with E-state index in [1.54, 1.807) is 19.1 Å². The summed E-state index contributed by atoms with van der Waals surface area (Å²) in [4.78, 5) is 21.7. The van der Waals surface area contributed by atoms with Crippen LogP contribution in [0.3, 0.4) is 0 Å². The molecule has 104 valence electrons. The standard InChI is InChI=1S/C13H11FN2O4/c1-8(12-3-2-6-20-12)15-13(17)9-4-5-10(14)11(7-9)16(18)19/h2-8H,1H3,(H,15,17)/t8-/m1/s1. The summed E-state index contributed by atoms with van der Waals surface area (Å²) in [7, 11) is 0. The Kier molecular flexibility index (Phi) is 3.79. The highest BCUT2D eigenvalue weighted by atomic mass is 19.1. The quantitative estimate of drug-likeness (QED) is 0.688. The lowest BCUT2D eigenvalue weighted by molar-refractivity contribution is -0.387. The number of halogens is 1. The van der Waals surface area contributed by atoms with Crippen LogP contribution >= 0.6 is 0 Å². The number of furan rings is 1. The first kappa shape index (κ1) is 13.7. The van der Waals surface area contributed by atoms with Gasteiger partial charge in [0.05, 0.1) is 17.2 Å². The Labute approximate surface area is 113 Å². The number of hydrogen-bond acceptors (Lipinski definition) is 4. The Balaban J connectivity index is 2.17. The normalized spacial score (nSPS) is 11.9. The topological polar surface area (TPSA) is 85.4 Å². The molecule has 0 fully saturated rings. The highest BCUT2D eigenvalue weighted by molar-refractivity contribution is 5.95. The third-order valence-electron chi connectivity index (χ3n) is 2.72. The molecular weight excluding hydrogens is 267 g/mol. The van der Waals surface area contributed by atoms with Crippen molar-refractivity contribution in [3.8, 4) is 0 Å². The van der Waals surface area contributed by atoms with Gasteiger partial charge in [-0.1, -0.05) is 0 Å². The minimum absolute atomic E-state index is 0.0107. The van der Waals surface area contributed by atoms with E-state index >= 15 is 0 Å². The Bertz CT molecular complexity index is 640. The number of carbonyl (C=O) groups excluding carboxylic acids is 1. The highest BCUT2D eigenvalue weighted by Crippen LogP contribution is 2.19. The van der Waals surface area contributed by atoms with Crippen molar-refractivity contribution < 1.29 is 18.5 Å². The molecule has 1 aromatic carbocycles. The van der Waals surface area contributed by atoms with Crippen molar-refractivity contribution in [2.45, 2.75) is 13.0 Å². The van der Waals surface area contributed by atoms with Crippen LogP contribution in [-0.4, -0.2) is 10.8 Å². The van der Waals surface area contributed by atoms with E-state index in [9.17, 15) is 19.3 Å². The maximum atomic E-state index is 13.2. The van der Waals surface area contributed by atoms with Crippen LogP contribution in [0.1, 0.15) is 29.1 Å². The molecule has 0 spiro atoms. The SMILES string of the molecule is C[C@@H](NC(=O)c1ccc(F)c([N+](=O)[O-])c1)c1ccco1. The molecule has 1 amide bonds. The molecule has 0 aliphatic carbocycles. The van der Waals surface area contributed by atoms with Gasteiger partial charge in [0, 0.05) is 11.6 Å². The lowest BCUT2D eigenvalue weighted by Crippen LogP contribution is -2.26. The lowest BCUT2D eigenvalue weighted by Gasteiger charge is -2.11. The zero-order valence-electron chi connectivity index (χ0n) is 10.5. The van der Waals surface area contributed by atoms with Gasteiger partial charge in [0.15, 0.2) is 0 Å². The number of benzene rings is 1. The molecule has 0 unspecified atom stereocenters. The molecular formula is C13H11FN2O4. The van der Waals surface area contributed by atoms with Gasteiger partial charge in [0.2, 0.25) is 5.82 Å². The maximum Gasteiger partial charge on any atom is 0.305 e. The highest BCUT2D eigenvalue weighted by Gasteiger charge is 2.19. The number of nitrogens with one attached hydrogen (secondary N) is 1. The van der Waals surface area contributed by atoms with Gasteiger partial charge in [-0.2, -0.15) is 4.39 Å². The zero-order valence-corrected chi connectivity index (χ0v) is 10.5. The fraction of sp³-hybridized carbons (Fsp3) is 0.154. The van der Waals surface area contributed by atoms with Crippen molar-refractivity contribution in [2.24, 2.45) is 0 Å². The first-order chi connectivity index (χ1) is 9.49. The van der Waals surface area contributed by atoms with E-state index in [0.717, 1.165) is 12.1 Å². The average molecular weight is 278 g/mol. The van der Waals surface area contributed by atoms with Crippen LogP contribution < -0.4 is 5.32 Å². The molecule has 0 bridgehead atoms. The van der Waals surface area contributed by atoms with E-state index in [2.05, 4.69) is 5.32 Å². The second-order valence-corrected chi connectivity index (χ2v) is 4.13. The van der Waals surface area contributed by atoms with Gasteiger partial charge in [0.1, 0.15) is 5.76 Å². The van der Waals surface area contributed by atoms with Gasteiger partial charge >= 0.3 is 5.69 Å². The van der Waals surface area contributed by atoms with Gasteiger partial charge in [-0.05, 0) is 31.2 Å². The van der Waals surface area contributed by atoms with Crippen molar-refractivity contribution in [1.82, 2.24) is 5.32 Å². The maximum absolute atomic E-state index is 13.2. The van der Waals surface area contributed by atoms with Gasteiger partial charge in [-0.15, -0.1) is 0 Å². The molecule has 1 atom stereocenters. The average Bonchev–Trinajstić information content (AvgIpc) is 2.92. The molecule has 0 aliphatic rings. The number of amides is 1. The van der Waals surface area contributed by atoms with Gasteiger partial charge in [0.25, 0.3) is 5.91 Å². The van der Waals surface area contributed by atoms with Crippen LogP contribution in [0, 0.1) is 15.9 Å². The first-order valence-corrected chi connectivity index (χ1v) is 5.77. The number of nitro benzene ring substituents is 1. The molecule has 6 nitrogen and oxygen atoms in total. The molecule has 1 heterocycles. The molecule has 20 heavy (non-hydrogen) atoms. The molecule has 0 radical (unpaired) electrons. The van der Waals surface area contributed by atoms with Crippen LogP contribution in [0.25, 0.3) is 0 Å². The minimum atomic E-state index is -0.981. The number of nitro groups is 1. The van der Waals surface area contributed by atoms with E-state index in [1.807, 2.05) is 0 Å². The Morgan fingerprint density at radius 2 is 2.20 bits per heavy atom. The third-order valence-corrected chi connectivity index (χ3v) is 2.72. The lowest BCUT2D eigenvalue weighted by atomic mass is 10.1. The summed E-state index contributed by atoms with van der Waals surface area (Å²) in [5.41, 5.74) is -0.722. The van der Waals surface area contributed by atoms with Gasteiger partial charge in [-0.25, -0.2) is 0 Å². The molecule has 7 heteroatoms. The van der Waals surface area contributed by atoms with E-state index in [-0.39, 0.29) is 5.56 Å². The smallest absolute Gasteiger partial charge is 0.305 e. The van der Waals surface area contributed by atoms with Crippen LogP contribution in [0.2, 0.25) is 0 Å². The van der Waals surface area contributed by atoms with E-state index in [0.29, 0.717) is 5.76 Å². The van der Waals surface area contributed by atoms with E-state index in [4.69, 9.17) is 4.42 Å². The van der Waals surface area contributed by atoms with Crippen molar-refractivity contribution in [3.05, 3.63) is 63.9 Å². The number of hydrogen-bond donors (Lipinski definition) is 1. The molecule has 1 aromatic heterocycles.